The van der Waals surface area contributed by atoms with Crippen molar-refractivity contribution in [1.82, 2.24) is 4.90 Å². The highest BCUT2D eigenvalue weighted by molar-refractivity contribution is 6.06. The number of rotatable bonds is 4. The third-order valence-electron chi connectivity index (χ3n) is 5.12. The van der Waals surface area contributed by atoms with Gasteiger partial charge in [-0.15, -0.1) is 0 Å². The van der Waals surface area contributed by atoms with Crippen molar-refractivity contribution in [2.24, 2.45) is 10.9 Å². The minimum atomic E-state index is -0.612. The molecule has 0 spiro atoms. The summed E-state index contributed by atoms with van der Waals surface area (Å²) < 4.78 is 27.1. The Labute approximate surface area is 147 Å². The molecule has 1 amide bonds. The Bertz CT molecular complexity index is 698. The third kappa shape index (κ3) is 4.33. The molecule has 0 atom stereocenters. The van der Waals surface area contributed by atoms with Crippen LogP contribution in [0.1, 0.15) is 45.1 Å². The molecular weight excluding hydrogens is 322 g/mol. The Morgan fingerprint density at radius 1 is 1.16 bits per heavy atom. The van der Waals surface area contributed by atoms with E-state index in [4.69, 9.17) is 0 Å². The fourth-order valence-corrected chi connectivity index (χ4v) is 3.69. The molecule has 3 rings (SSSR count). The lowest BCUT2D eigenvalue weighted by molar-refractivity contribution is -0.131. The Balaban J connectivity index is 1.83. The highest BCUT2D eigenvalue weighted by Crippen LogP contribution is 2.29. The fraction of sp³-hybridized carbons (Fsp3) is 0.500. The van der Waals surface area contributed by atoms with E-state index >= 15 is 0 Å². The molecule has 1 heterocycles. The van der Waals surface area contributed by atoms with Gasteiger partial charge in [0.2, 0.25) is 0 Å². The van der Waals surface area contributed by atoms with Gasteiger partial charge >= 0.3 is 0 Å². The van der Waals surface area contributed by atoms with Crippen molar-refractivity contribution in [3.8, 4) is 0 Å². The standard InChI is InChI=1S/C20H24F2N2O/c1-13-3-5-19(6-4-13)24(20(25)16-7-14(2)23-11-16)12-15-8-17(21)10-18(22)9-15/h7-10,13,19H,3-6,11-12H2,1-2H3. The normalized spacial score (nSPS) is 23.2. The van der Waals surface area contributed by atoms with Crippen LogP contribution in [0.15, 0.2) is 34.8 Å². The van der Waals surface area contributed by atoms with E-state index in [0.29, 0.717) is 23.6 Å². The number of aliphatic imine (C=N–C) groups is 1. The van der Waals surface area contributed by atoms with E-state index in [0.717, 1.165) is 37.5 Å². The van der Waals surface area contributed by atoms with E-state index in [1.54, 1.807) is 4.90 Å². The van der Waals surface area contributed by atoms with Crippen molar-refractivity contribution in [3.63, 3.8) is 0 Å². The van der Waals surface area contributed by atoms with Crippen molar-refractivity contribution < 1.29 is 13.6 Å². The average molecular weight is 346 g/mol. The number of allylic oxidation sites excluding steroid dienone is 1. The molecule has 1 aromatic rings. The molecule has 0 radical (unpaired) electrons. The van der Waals surface area contributed by atoms with Gasteiger partial charge in [0.05, 0.1) is 6.54 Å². The molecule has 1 aliphatic heterocycles. The highest BCUT2D eigenvalue weighted by Gasteiger charge is 2.30. The van der Waals surface area contributed by atoms with Gasteiger partial charge in [-0.25, -0.2) is 8.78 Å². The van der Waals surface area contributed by atoms with Crippen LogP contribution in [0, 0.1) is 17.6 Å². The van der Waals surface area contributed by atoms with Crippen molar-refractivity contribution in [3.05, 3.63) is 47.0 Å². The Kier molecular flexibility index (Phi) is 5.30. The zero-order valence-corrected chi connectivity index (χ0v) is 14.8. The summed E-state index contributed by atoms with van der Waals surface area (Å²) >= 11 is 0. The molecule has 5 heteroatoms. The lowest BCUT2D eigenvalue weighted by Crippen LogP contribution is -2.42. The van der Waals surface area contributed by atoms with Crippen molar-refractivity contribution in [1.29, 1.82) is 0 Å². The maximum absolute atomic E-state index is 13.6. The van der Waals surface area contributed by atoms with Gasteiger partial charge in [-0.3, -0.25) is 9.79 Å². The molecule has 0 N–H and O–H groups in total. The predicted octanol–water partition coefficient (Wildman–Crippen LogP) is 4.27. The number of halogens is 2. The number of carbonyl (C=O) groups is 1. The molecule has 1 aromatic carbocycles. The smallest absolute Gasteiger partial charge is 0.252 e. The lowest BCUT2D eigenvalue weighted by atomic mass is 9.86. The van der Waals surface area contributed by atoms with Crippen molar-refractivity contribution in [2.75, 3.05) is 6.54 Å². The van der Waals surface area contributed by atoms with Crippen LogP contribution in [0.5, 0.6) is 0 Å². The number of amides is 1. The van der Waals surface area contributed by atoms with Gasteiger partial charge in [0, 0.05) is 29.9 Å². The van der Waals surface area contributed by atoms with E-state index < -0.39 is 11.6 Å². The van der Waals surface area contributed by atoms with E-state index in [1.807, 2.05) is 13.0 Å². The predicted molar refractivity (Wildman–Crippen MR) is 94.4 cm³/mol. The van der Waals surface area contributed by atoms with Crippen LogP contribution < -0.4 is 0 Å². The van der Waals surface area contributed by atoms with Crippen LogP contribution >= 0.6 is 0 Å². The number of hydrogen-bond donors (Lipinski definition) is 0. The fourth-order valence-electron chi connectivity index (χ4n) is 3.69. The zero-order chi connectivity index (χ0) is 18.0. The second-order valence-corrected chi connectivity index (χ2v) is 7.25. The van der Waals surface area contributed by atoms with Crippen LogP contribution in [0.25, 0.3) is 0 Å². The Hall–Kier alpha value is -2.04. The van der Waals surface area contributed by atoms with Crippen molar-refractivity contribution >= 4 is 11.6 Å². The first-order valence-electron chi connectivity index (χ1n) is 8.90. The first-order chi connectivity index (χ1) is 11.9. The van der Waals surface area contributed by atoms with Crippen LogP contribution in [-0.4, -0.2) is 29.1 Å². The molecule has 3 nitrogen and oxygen atoms in total. The second kappa shape index (κ2) is 7.46. The monoisotopic (exact) mass is 346 g/mol. The van der Waals surface area contributed by atoms with Gasteiger partial charge in [0.15, 0.2) is 0 Å². The van der Waals surface area contributed by atoms with Crippen LogP contribution in [-0.2, 0) is 11.3 Å². The van der Waals surface area contributed by atoms with E-state index in [1.165, 1.54) is 12.1 Å². The summed E-state index contributed by atoms with van der Waals surface area (Å²) in [5, 5.41) is 0. The SMILES string of the molecule is CC1=NCC(C(=O)N(Cc2cc(F)cc(F)c2)C2CCC(C)CC2)=C1. The minimum Gasteiger partial charge on any atom is -0.332 e. The quantitative estimate of drug-likeness (QED) is 0.801. The molecular formula is C20H24F2N2O. The Morgan fingerprint density at radius 3 is 2.36 bits per heavy atom. The molecule has 1 aliphatic carbocycles. The molecule has 25 heavy (non-hydrogen) atoms. The van der Waals surface area contributed by atoms with Crippen molar-refractivity contribution in [2.45, 2.75) is 52.1 Å². The molecule has 0 saturated heterocycles. The van der Waals surface area contributed by atoms with Gasteiger partial charge < -0.3 is 4.90 Å². The second-order valence-electron chi connectivity index (χ2n) is 7.25. The number of nitrogens with zero attached hydrogens (tertiary/aromatic N) is 2. The van der Waals surface area contributed by atoms with Crippen LogP contribution in [0.4, 0.5) is 8.78 Å². The van der Waals surface area contributed by atoms with Gasteiger partial charge in [-0.05, 0) is 62.3 Å². The van der Waals surface area contributed by atoms with E-state index in [9.17, 15) is 13.6 Å². The summed E-state index contributed by atoms with van der Waals surface area (Å²) in [4.78, 5) is 19.1. The highest BCUT2D eigenvalue weighted by atomic mass is 19.1. The lowest BCUT2D eigenvalue weighted by Gasteiger charge is -2.36. The summed E-state index contributed by atoms with van der Waals surface area (Å²) in [5.41, 5.74) is 1.99. The first-order valence-corrected chi connectivity index (χ1v) is 8.90. The third-order valence-corrected chi connectivity index (χ3v) is 5.12. The summed E-state index contributed by atoms with van der Waals surface area (Å²) in [7, 11) is 0. The first kappa shape index (κ1) is 17.8. The topological polar surface area (TPSA) is 32.7 Å². The molecule has 2 aliphatic rings. The Morgan fingerprint density at radius 2 is 1.80 bits per heavy atom. The van der Waals surface area contributed by atoms with Gasteiger partial charge in [0.25, 0.3) is 5.91 Å². The molecule has 0 bridgehead atoms. The molecule has 0 unspecified atom stereocenters. The largest absolute Gasteiger partial charge is 0.332 e. The summed E-state index contributed by atoms with van der Waals surface area (Å²) in [6.45, 7) is 4.71. The van der Waals surface area contributed by atoms with Gasteiger partial charge in [0.1, 0.15) is 11.6 Å². The number of carbonyl (C=O) groups excluding carboxylic acids is 1. The minimum absolute atomic E-state index is 0.0650. The summed E-state index contributed by atoms with van der Waals surface area (Å²) in [6, 6.07) is 3.57. The molecule has 134 valence electrons. The van der Waals surface area contributed by atoms with Crippen LogP contribution in [0.2, 0.25) is 0 Å². The molecule has 1 fully saturated rings. The average Bonchev–Trinajstić information content (AvgIpc) is 2.99. The van der Waals surface area contributed by atoms with Gasteiger partial charge in [-0.1, -0.05) is 6.92 Å². The maximum Gasteiger partial charge on any atom is 0.252 e. The summed E-state index contributed by atoms with van der Waals surface area (Å²) in [5.74, 6) is -0.626. The van der Waals surface area contributed by atoms with Gasteiger partial charge in [-0.2, -0.15) is 0 Å². The number of hydrogen-bond acceptors (Lipinski definition) is 2. The molecule has 1 saturated carbocycles. The summed E-state index contributed by atoms with van der Waals surface area (Å²) in [6.07, 6.45) is 5.81. The van der Waals surface area contributed by atoms with E-state index in [-0.39, 0.29) is 18.5 Å². The van der Waals surface area contributed by atoms with Crippen LogP contribution in [0.3, 0.4) is 0 Å². The maximum atomic E-state index is 13.6. The number of benzene rings is 1. The molecule has 0 aromatic heterocycles. The zero-order valence-electron chi connectivity index (χ0n) is 14.8. The van der Waals surface area contributed by atoms with E-state index in [2.05, 4.69) is 11.9 Å².